The molecule has 0 heterocycles. The van der Waals surface area contributed by atoms with Crippen LogP contribution < -0.4 is 10.0 Å². The first-order valence-corrected chi connectivity index (χ1v) is 9.38. The molecule has 2 aromatic carbocycles. The van der Waals surface area contributed by atoms with Gasteiger partial charge in [-0.3, -0.25) is 14.8 Å². The molecule has 2 N–H and O–H groups in total. The summed E-state index contributed by atoms with van der Waals surface area (Å²) < 4.78 is 27.0. The van der Waals surface area contributed by atoms with Gasteiger partial charge >= 0.3 is 0 Å². The number of hydrogen-bond donors (Lipinski definition) is 2. The molecule has 8 heteroatoms. The lowest BCUT2D eigenvalue weighted by Gasteiger charge is -2.11. The minimum Gasteiger partial charge on any atom is -0.379 e. The number of nitrogens with one attached hydrogen (secondary N) is 2. The average molecular weight is 363 g/mol. The van der Waals surface area contributed by atoms with E-state index in [-0.39, 0.29) is 16.3 Å². The number of nitrogens with zero attached hydrogens (tertiary/aromatic N) is 1. The third kappa shape index (κ3) is 5.18. The normalized spacial score (nSPS) is 11.3. The fourth-order valence-electron chi connectivity index (χ4n) is 2.20. The largest absolute Gasteiger partial charge is 0.379 e. The van der Waals surface area contributed by atoms with Crippen molar-refractivity contribution in [3.05, 3.63) is 58.6 Å². The Morgan fingerprint density at radius 3 is 2.40 bits per heavy atom. The smallest absolute Gasteiger partial charge is 0.294 e. The molecule has 2 aromatic rings. The second-order valence-electron chi connectivity index (χ2n) is 6.02. The molecule has 0 aliphatic rings. The van der Waals surface area contributed by atoms with E-state index in [1.54, 1.807) is 18.2 Å². The molecule has 0 aliphatic carbocycles. The summed E-state index contributed by atoms with van der Waals surface area (Å²) in [5.41, 5.74) is 0.343. The molecule has 0 saturated heterocycles. The summed E-state index contributed by atoms with van der Waals surface area (Å²) in [5.74, 6) is 0.475. The standard InChI is InChI=1S/C17H21N3O4S/c1-13(2)10-11-18-16-9-8-14(12-17(16)20(21)22)19-25(23,24)15-6-4-3-5-7-15/h3-9,12-13,18-19H,10-11H2,1-2H3. The molecule has 0 spiro atoms. The molecular formula is C17H21N3O4S. The predicted molar refractivity (Wildman–Crippen MR) is 98.3 cm³/mol. The van der Waals surface area contributed by atoms with Crippen LogP contribution in [0.3, 0.4) is 0 Å². The Morgan fingerprint density at radius 1 is 1.12 bits per heavy atom. The van der Waals surface area contributed by atoms with Crippen molar-refractivity contribution in [1.29, 1.82) is 0 Å². The van der Waals surface area contributed by atoms with Crippen LogP contribution in [0.25, 0.3) is 0 Å². The van der Waals surface area contributed by atoms with Crippen LogP contribution in [0.5, 0.6) is 0 Å². The average Bonchev–Trinajstić information content (AvgIpc) is 2.56. The summed E-state index contributed by atoms with van der Waals surface area (Å²) >= 11 is 0. The molecule has 0 bridgehead atoms. The van der Waals surface area contributed by atoms with Gasteiger partial charge < -0.3 is 5.32 Å². The zero-order valence-corrected chi connectivity index (χ0v) is 14.9. The first kappa shape index (κ1) is 18.7. The lowest BCUT2D eigenvalue weighted by molar-refractivity contribution is -0.383. The van der Waals surface area contributed by atoms with Crippen LogP contribution in [-0.4, -0.2) is 19.9 Å². The molecule has 0 saturated carbocycles. The molecule has 0 amide bonds. The summed E-state index contributed by atoms with van der Waals surface area (Å²) in [4.78, 5) is 10.9. The maximum Gasteiger partial charge on any atom is 0.294 e. The monoisotopic (exact) mass is 363 g/mol. The Morgan fingerprint density at radius 2 is 1.80 bits per heavy atom. The van der Waals surface area contributed by atoms with Crippen molar-refractivity contribution in [1.82, 2.24) is 0 Å². The van der Waals surface area contributed by atoms with Crippen LogP contribution in [0.1, 0.15) is 20.3 Å². The maximum atomic E-state index is 12.3. The molecular weight excluding hydrogens is 342 g/mol. The van der Waals surface area contributed by atoms with Gasteiger partial charge in [0.15, 0.2) is 0 Å². The van der Waals surface area contributed by atoms with Crippen molar-refractivity contribution in [2.24, 2.45) is 5.92 Å². The minimum atomic E-state index is -3.79. The minimum absolute atomic E-state index is 0.0942. The zero-order chi connectivity index (χ0) is 18.4. The first-order valence-electron chi connectivity index (χ1n) is 7.90. The van der Waals surface area contributed by atoms with Gasteiger partial charge in [0.25, 0.3) is 15.7 Å². The number of nitro groups is 1. The van der Waals surface area contributed by atoms with E-state index in [0.29, 0.717) is 18.2 Å². The van der Waals surface area contributed by atoms with Gasteiger partial charge in [-0.2, -0.15) is 0 Å². The number of rotatable bonds is 8. The van der Waals surface area contributed by atoms with E-state index in [2.05, 4.69) is 23.9 Å². The van der Waals surface area contributed by atoms with Gasteiger partial charge in [0, 0.05) is 12.6 Å². The van der Waals surface area contributed by atoms with Crippen LogP contribution in [0, 0.1) is 16.0 Å². The first-order chi connectivity index (χ1) is 11.8. The maximum absolute atomic E-state index is 12.3. The molecule has 0 unspecified atom stereocenters. The van der Waals surface area contributed by atoms with E-state index >= 15 is 0 Å². The van der Waals surface area contributed by atoms with Gasteiger partial charge in [-0.15, -0.1) is 0 Å². The molecule has 0 aliphatic heterocycles. The number of nitro benzene ring substituents is 1. The van der Waals surface area contributed by atoms with Crippen LogP contribution >= 0.6 is 0 Å². The number of benzene rings is 2. The van der Waals surface area contributed by atoms with Crippen molar-refractivity contribution in [3.8, 4) is 0 Å². The van der Waals surface area contributed by atoms with Crippen molar-refractivity contribution < 1.29 is 13.3 Å². The molecule has 0 fully saturated rings. The van der Waals surface area contributed by atoms with Gasteiger partial charge in [0.05, 0.1) is 15.5 Å². The summed E-state index contributed by atoms with van der Waals surface area (Å²) in [6.07, 6.45) is 0.875. The summed E-state index contributed by atoms with van der Waals surface area (Å²) in [7, 11) is -3.79. The van der Waals surface area contributed by atoms with Gasteiger partial charge in [-0.25, -0.2) is 8.42 Å². The Labute approximate surface area is 147 Å². The molecule has 2 rings (SSSR count). The fourth-order valence-corrected chi connectivity index (χ4v) is 3.28. The number of hydrogen-bond acceptors (Lipinski definition) is 5. The van der Waals surface area contributed by atoms with Crippen LogP contribution in [0.15, 0.2) is 53.4 Å². The van der Waals surface area contributed by atoms with E-state index in [1.807, 2.05) is 0 Å². The predicted octanol–water partition coefficient (Wildman–Crippen LogP) is 3.85. The highest BCUT2D eigenvalue weighted by Gasteiger charge is 2.18. The molecule has 134 valence electrons. The lowest BCUT2D eigenvalue weighted by atomic mass is 10.1. The fraction of sp³-hybridized carbons (Fsp3) is 0.294. The highest BCUT2D eigenvalue weighted by molar-refractivity contribution is 7.92. The molecule has 0 aromatic heterocycles. The summed E-state index contributed by atoms with van der Waals surface area (Å²) in [5, 5.41) is 14.3. The second-order valence-corrected chi connectivity index (χ2v) is 7.70. The molecule has 25 heavy (non-hydrogen) atoms. The Hall–Kier alpha value is -2.61. The van der Waals surface area contributed by atoms with Crippen molar-refractivity contribution in [2.75, 3.05) is 16.6 Å². The Bertz CT molecular complexity index is 836. The van der Waals surface area contributed by atoms with Gasteiger partial charge in [0.1, 0.15) is 5.69 Å². The highest BCUT2D eigenvalue weighted by Crippen LogP contribution is 2.29. The van der Waals surface area contributed by atoms with Gasteiger partial charge in [-0.1, -0.05) is 32.0 Å². The summed E-state index contributed by atoms with van der Waals surface area (Å²) in [6, 6.07) is 12.1. The van der Waals surface area contributed by atoms with Crippen LogP contribution in [0.4, 0.5) is 17.1 Å². The lowest BCUT2D eigenvalue weighted by Crippen LogP contribution is -2.13. The summed E-state index contributed by atoms with van der Waals surface area (Å²) in [6.45, 7) is 4.74. The SMILES string of the molecule is CC(C)CCNc1ccc(NS(=O)(=O)c2ccccc2)cc1[N+](=O)[O-]. The topological polar surface area (TPSA) is 101 Å². The van der Waals surface area contributed by atoms with Crippen molar-refractivity contribution in [2.45, 2.75) is 25.2 Å². The van der Waals surface area contributed by atoms with E-state index in [1.165, 1.54) is 30.3 Å². The highest BCUT2D eigenvalue weighted by atomic mass is 32.2. The van der Waals surface area contributed by atoms with E-state index in [4.69, 9.17) is 0 Å². The molecule has 0 atom stereocenters. The van der Waals surface area contributed by atoms with Crippen LogP contribution in [-0.2, 0) is 10.0 Å². The van der Waals surface area contributed by atoms with Crippen molar-refractivity contribution >= 4 is 27.1 Å². The third-order valence-corrected chi connectivity index (χ3v) is 4.93. The zero-order valence-electron chi connectivity index (χ0n) is 14.1. The van der Waals surface area contributed by atoms with Gasteiger partial charge in [0.2, 0.25) is 0 Å². The van der Waals surface area contributed by atoms with E-state index < -0.39 is 14.9 Å². The van der Waals surface area contributed by atoms with Crippen molar-refractivity contribution in [3.63, 3.8) is 0 Å². The second kappa shape index (κ2) is 7.98. The number of anilines is 2. The third-order valence-electron chi connectivity index (χ3n) is 3.54. The van der Waals surface area contributed by atoms with E-state index in [9.17, 15) is 18.5 Å². The molecule has 0 radical (unpaired) electrons. The van der Waals surface area contributed by atoms with E-state index in [0.717, 1.165) is 6.42 Å². The Kier molecular flexibility index (Phi) is 5.97. The Balaban J connectivity index is 2.22. The quantitative estimate of drug-likeness (QED) is 0.548. The molecule has 7 nitrogen and oxygen atoms in total. The number of sulfonamides is 1. The van der Waals surface area contributed by atoms with Crippen LogP contribution in [0.2, 0.25) is 0 Å². The van der Waals surface area contributed by atoms with Gasteiger partial charge in [-0.05, 0) is 36.6 Å².